The van der Waals surface area contributed by atoms with Crippen LogP contribution in [0.1, 0.15) is 83.9 Å². The Labute approximate surface area is 409 Å². The van der Waals surface area contributed by atoms with E-state index in [0.29, 0.717) is 71.3 Å². The predicted octanol–water partition coefficient (Wildman–Crippen LogP) is 6.44. The minimum atomic E-state index is -2.69. The molecule has 1 aliphatic carbocycles. The van der Waals surface area contributed by atoms with Crippen LogP contribution in [-0.4, -0.2) is 107 Å². The van der Waals surface area contributed by atoms with Gasteiger partial charge in [0.15, 0.2) is 0 Å². The number of nitrogens with zero attached hydrogens (tertiary/aromatic N) is 7. The average Bonchev–Trinajstić information content (AvgIpc) is 4.03. The number of aryl methyl sites for hydroxylation is 1. The number of carbonyl (C=O) groups is 5. The molecule has 4 aliphatic rings. The van der Waals surface area contributed by atoms with E-state index in [1.807, 2.05) is 22.8 Å². The molecule has 6 aromatic rings. The normalized spacial score (nSPS) is 21.8. The highest BCUT2D eigenvalue weighted by Crippen LogP contribution is 2.42. The van der Waals surface area contributed by atoms with E-state index in [1.54, 1.807) is 79.6 Å². The molecule has 1 saturated carbocycles. The molecule has 0 spiro atoms. The van der Waals surface area contributed by atoms with Crippen molar-refractivity contribution in [2.75, 3.05) is 29.4 Å². The number of pyridine rings is 1. The summed E-state index contributed by atoms with van der Waals surface area (Å²) in [6.45, 7) is 2.34. The molecule has 5 amide bonds. The summed E-state index contributed by atoms with van der Waals surface area (Å²) in [5, 5.41) is 19.0. The maximum Gasteiger partial charge on any atom is 0.302 e. The van der Waals surface area contributed by atoms with Gasteiger partial charge in [-0.05, 0) is 88.0 Å². The molecular formula is C49H49F3N12O6S. The number of anilines is 3. The van der Waals surface area contributed by atoms with Gasteiger partial charge >= 0.3 is 5.76 Å². The van der Waals surface area contributed by atoms with Crippen molar-refractivity contribution >= 4 is 69.6 Å². The summed E-state index contributed by atoms with van der Waals surface area (Å²) in [6, 6.07) is 14.3. The minimum Gasteiger partial charge on any atom is -0.484 e. The Bertz CT molecular complexity index is 3110. The van der Waals surface area contributed by atoms with E-state index in [-0.39, 0.29) is 77.6 Å². The summed E-state index contributed by atoms with van der Waals surface area (Å²) in [6.07, 6.45) is 7.42. The molecule has 6 N–H and O–H groups in total. The summed E-state index contributed by atoms with van der Waals surface area (Å²) in [5.41, 5.74) is 11.7. The van der Waals surface area contributed by atoms with E-state index >= 15 is 0 Å². The number of imide groups is 2. The second-order valence-electron chi connectivity index (χ2n) is 18.3. The third kappa shape index (κ3) is 9.12. The quantitative estimate of drug-likeness (QED) is 0.0586. The zero-order valence-electron chi connectivity index (χ0n) is 38.7. The summed E-state index contributed by atoms with van der Waals surface area (Å²) >= 11 is 0.237. The second kappa shape index (κ2) is 19.0. The first kappa shape index (κ1) is 47.2. The summed E-state index contributed by atoms with van der Waals surface area (Å²) in [4.78, 5) is 72.3. The number of aromatic nitrogens is 5. The van der Waals surface area contributed by atoms with Crippen molar-refractivity contribution in [2.45, 2.75) is 87.5 Å². The number of alkyl halides is 2. The maximum absolute atomic E-state index is 13.7. The van der Waals surface area contributed by atoms with E-state index in [4.69, 9.17) is 20.7 Å². The summed E-state index contributed by atoms with van der Waals surface area (Å²) < 4.78 is 52.8. The molecule has 22 heteroatoms. The molecule has 368 valence electrons. The lowest BCUT2D eigenvalue weighted by Crippen LogP contribution is -2.56. The Kier molecular flexibility index (Phi) is 12.7. The Morgan fingerprint density at radius 3 is 2.46 bits per heavy atom. The van der Waals surface area contributed by atoms with E-state index < -0.39 is 47.3 Å². The SMILES string of the molecule is C[C@H](Oc1cc(-c2nn(C)c3c(-c4cnn(C5CCC(C(=O)NC6CC(Nc7cccc8c7C(=O)N(C7CCC(=O)NC7=O)C8=O)C6)N(C)C5)c4)cnc(N)c23)ccc1NSC(F)F)c1ccc(F)cc1. The van der Waals surface area contributed by atoms with Gasteiger partial charge in [0, 0.05) is 78.8 Å². The monoisotopic (exact) mass is 990 g/mol. The largest absolute Gasteiger partial charge is 0.484 e. The number of hydrogen-bond acceptors (Lipinski definition) is 14. The standard InChI is InChI=1S/C49H49F3N12O6S/c1-24(25-7-10-28(50)11-8-25)70-38-17-26(9-13-34(38)60-71-49(51)52)42-41-43(62(3)59-42)33(21-54-44(41)53)27-20-55-63(22-27)31-12-14-36(61(2)23-31)45(66)57-30-18-29(19-30)56-35-6-4-5-32-40(35)48(69)64(47(32)68)37-15-16-39(65)58-46(37)67/h4-11,13,17,20-22,24,29-31,36-37,49,56,60H,12,14-16,18-19,23H2,1-3H3,(H2,53,54)(H,57,66)(H,58,65,67)/t24-,29?,30?,31?,36?,37?/m0/s1. The Hall–Kier alpha value is -7.46. The average molecular weight is 991 g/mol. The summed E-state index contributed by atoms with van der Waals surface area (Å²) in [7, 11) is 3.72. The fourth-order valence-corrected chi connectivity index (χ4v) is 10.4. The first-order chi connectivity index (χ1) is 34.1. The molecule has 0 bridgehead atoms. The number of carbonyl (C=O) groups excluding carboxylic acids is 5. The van der Waals surface area contributed by atoms with Crippen LogP contribution in [0.15, 0.2) is 79.3 Å². The number of fused-ring (bicyclic) bond motifs is 2. The second-order valence-corrected chi connectivity index (χ2v) is 19.1. The number of likely N-dealkylation sites (N-methyl/N-ethyl adjacent to an activating group) is 1. The summed E-state index contributed by atoms with van der Waals surface area (Å²) in [5.74, 6) is -4.91. The number of benzene rings is 3. The topological polar surface area (TPSA) is 224 Å². The zero-order valence-corrected chi connectivity index (χ0v) is 39.5. The molecule has 4 atom stereocenters. The predicted molar refractivity (Wildman–Crippen MR) is 259 cm³/mol. The van der Waals surface area contributed by atoms with Gasteiger partial charge in [0.25, 0.3) is 11.8 Å². The number of nitrogens with one attached hydrogen (secondary N) is 4. The maximum atomic E-state index is 13.7. The molecule has 6 heterocycles. The van der Waals surface area contributed by atoms with Crippen LogP contribution >= 0.6 is 11.9 Å². The van der Waals surface area contributed by atoms with Crippen molar-refractivity contribution in [3.05, 3.63) is 102 Å². The van der Waals surface area contributed by atoms with Crippen LogP contribution in [0.2, 0.25) is 0 Å². The number of rotatable bonds is 14. The minimum absolute atomic E-state index is 0.0337. The van der Waals surface area contributed by atoms with Crippen LogP contribution in [0.4, 0.5) is 30.4 Å². The number of likely N-dealkylation sites (tertiary alicyclic amines) is 1. The van der Waals surface area contributed by atoms with Crippen molar-refractivity contribution in [3.63, 3.8) is 0 Å². The Morgan fingerprint density at radius 2 is 1.72 bits per heavy atom. The molecule has 3 aromatic heterocycles. The number of nitrogens with two attached hydrogens (primary N) is 1. The number of amides is 5. The van der Waals surface area contributed by atoms with Crippen molar-refractivity contribution < 1.29 is 41.9 Å². The molecule has 3 unspecified atom stereocenters. The van der Waals surface area contributed by atoms with Crippen LogP contribution in [-0.2, 0) is 21.4 Å². The number of halogens is 3. The van der Waals surface area contributed by atoms with Crippen molar-refractivity contribution in [1.29, 1.82) is 0 Å². The Morgan fingerprint density at radius 1 is 0.930 bits per heavy atom. The van der Waals surface area contributed by atoms with Crippen molar-refractivity contribution in [1.82, 2.24) is 45.0 Å². The third-order valence-electron chi connectivity index (χ3n) is 13.8. The van der Waals surface area contributed by atoms with Crippen molar-refractivity contribution in [3.8, 4) is 28.1 Å². The van der Waals surface area contributed by atoms with Gasteiger partial charge in [0.2, 0.25) is 17.7 Å². The highest BCUT2D eigenvalue weighted by atomic mass is 32.2. The lowest BCUT2D eigenvalue weighted by Gasteiger charge is -2.40. The van der Waals surface area contributed by atoms with E-state index in [9.17, 15) is 37.1 Å². The molecule has 0 radical (unpaired) electrons. The first-order valence-electron chi connectivity index (χ1n) is 23.2. The molecule has 2 saturated heterocycles. The fraction of sp³-hybridized carbons (Fsp3) is 0.347. The van der Waals surface area contributed by atoms with Gasteiger partial charge in [-0.3, -0.25) is 48.5 Å². The van der Waals surface area contributed by atoms with Gasteiger partial charge in [-0.25, -0.2) is 9.37 Å². The van der Waals surface area contributed by atoms with E-state index in [1.165, 1.54) is 12.1 Å². The van der Waals surface area contributed by atoms with E-state index in [2.05, 4.69) is 25.7 Å². The van der Waals surface area contributed by atoms with Crippen LogP contribution in [0, 0.1) is 5.82 Å². The number of ether oxygens (including phenoxy) is 1. The van der Waals surface area contributed by atoms with Crippen LogP contribution in [0.3, 0.4) is 0 Å². The molecule has 18 nitrogen and oxygen atoms in total. The fourth-order valence-electron chi connectivity index (χ4n) is 10.1. The third-order valence-corrected chi connectivity index (χ3v) is 14.3. The van der Waals surface area contributed by atoms with Crippen LogP contribution < -0.4 is 31.1 Å². The highest BCUT2D eigenvalue weighted by molar-refractivity contribution is 8.00. The zero-order chi connectivity index (χ0) is 49.8. The van der Waals surface area contributed by atoms with Crippen molar-refractivity contribution in [2.24, 2.45) is 7.05 Å². The van der Waals surface area contributed by atoms with Crippen LogP contribution in [0.5, 0.6) is 5.75 Å². The number of nitrogen functional groups attached to an aromatic ring is 1. The van der Waals surface area contributed by atoms with Gasteiger partial charge < -0.3 is 25.8 Å². The highest BCUT2D eigenvalue weighted by Gasteiger charge is 2.46. The van der Waals surface area contributed by atoms with Crippen LogP contribution in [0.25, 0.3) is 33.3 Å². The molecule has 3 fully saturated rings. The van der Waals surface area contributed by atoms with Gasteiger partial charge in [0.1, 0.15) is 35.2 Å². The number of hydrogen-bond donors (Lipinski definition) is 5. The van der Waals surface area contributed by atoms with Gasteiger partial charge in [0.05, 0.1) is 46.0 Å². The molecule has 71 heavy (non-hydrogen) atoms. The lowest BCUT2D eigenvalue weighted by molar-refractivity contribution is -0.136. The number of piperidine rings is 2. The van der Waals surface area contributed by atoms with Gasteiger partial charge in [-0.1, -0.05) is 24.3 Å². The lowest BCUT2D eigenvalue weighted by atomic mass is 9.85. The molecule has 3 aliphatic heterocycles. The smallest absolute Gasteiger partial charge is 0.302 e. The van der Waals surface area contributed by atoms with Gasteiger partial charge in [-0.15, -0.1) is 0 Å². The Balaban J connectivity index is 0.780. The molecule has 3 aromatic carbocycles. The molecule has 10 rings (SSSR count). The first-order valence-corrected chi connectivity index (χ1v) is 24.0. The van der Waals surface area contributed by atoms with Gasteiger partial charge in [-0.2, -0.15) is 19.0 Å². The van der Waals surface area contributed by atoms with E-state index in [0.717, 1.165) is 16.0 Å². The molecular weight excluding hydrogens is 942 g/mol.